The van der Waals surface area contributed by atoms with Gasteiger partial charge in [0.2, 0.25) is 0 Å². The van der Waals surface area contributed by atoms with Crippen LogP contribution in [0.15, 0.2) is 53.3 Å². The molecule has 170 valence electrons. The molecule has 0 radical (unpaired) electrons. The second-order valence-corrected chi connectivity index (χ2v) is 9.32. The Morgan fingerprint density at radius 3 is 2.64 bits per heavy atom. The molecule has 0 spiro atoms. The van der Waals surface area contributed by atoms with Gasteiger partial charge in [-0.1, -0.05) is 49.2 Å². The van der Waals surface area contributed by atoms with Gasteiger partial charge in [-0.15, -0.1) is 5.10 Å². The molecule has 7 heteroatoms. The average Bonchev–Trinajstić information content (AvgIpc) is 3.47. The van der Waals surface area contributed by atoms with E-state index < -0.39 is 0 Å². The number of hydrogen-bond acceptors (Lipinski definition) is 5. The van der Waals surface area contributed by atoms with Gasteiger partial charge in [0.15, 0.2) is 5.82 Å². The van der Waals surface area contributed by atoms with Crippen molar-refractivity contribution in [1.82, 2.24) is 30.1 Å². The first kappa shape index (κ1) is 21.5. The van der Waals surface area contributed by atoms with Crippen LogP contribution in [0.3, 0.4) is 0 Å². The van der Waals surface area contributed by atoms with Crippen molar-refractivity contribution in [2.45, 2.75) is 58.2 Å². The van der Waals surface area contributed by atoms with Crippen molar-refractivity contribution in [3.8, 4) is 0 Å². The van der Waals surface area contributed by atoms with Crippen LogP contribution in [0.1, 0.15) is 65.8 Å². The van der Waals surface area contributed by atoms with E-state index in [0.29, 0.717) is 12.1 Å². The number of nitrogens with one attached hydrogen (secondary N) is 1. The minimum atomic E-state index is -0.366. The second-order valence-electron chi connectivity index (χ2n) is 9.32. The molecule has 5 rings (SSSR count). The molecule has 0 bridgehead atoms. The molecule has 1 atom stereocenters. The second kappa shape index (κ2) is 8.90. The molecule has 1 aliphatic rings. The Kier molecular flexibility index (Phi) is 5.81. The minimum absolute atomic E-state index is 0.0987. The molecule has 1 N–H and O–H groups in total. The van der Waals surface area contributed by atoms with Crippen LogP contribution in [0.5, 0.6) is 0 Å². The normalized spacial score (nSPS) is 15.5. The number of hydrogen-bond donors (Lipinski definition) is 1. The molecule has 2 aromatic heterocycles. The van der Waals surface area contributed by atoms with Gasteiger partial charge in [0, 0.05) is 23.0 Å². The number of H-pyrrole nitrogens is 1. The van der Waals surface area contributed by atoms with Gasteiger partial charge in [-0.25, -0.2) is 4.68 Å². The number of fused-ring (bicyclic) bond motifs is 1. The average molecular weight is 443 g/mol. The van der Waals surface area contributed by atoms with Gasteiger partial charge >= 0.3 is 0 Å². The molecule has 1 fully saturated rings. The van der Waals surface area contributed by atoms with Crippen molar-refractivity contribution in [3.05, 3.63) is 87.0 Å². The van der Waals surface area contributed by atoms with Crippen molar-refractivity contribution in [1.29, 1.82) is 0 Å². The predicted molar refractivity (Wildman–Crippen MR) is 129 cm³/mol. The summed E-state index contributed by atoms with van der Waals surface area (Å²) in [5.41, 5.74) is 4.88. The maximum absolute atomic E-state index is 13.4. The first-order valence-corrected chi connectivity index (χ1v) is 11.7. The van der Waals surface area contributed by atoms with E-state index in [2.05, 4.69) is 50.5 Å². The Hall–Kier alpha value is -3.32. The van der Waals surface area contributed by atoms with Crippen LogP contribution < -0.4 is 5.56 Å². The lowest BCUT2D eigenvalue weighted by molar-refractivity contribution is 0.247. The molecule has 0 amide bonds. The van der Waals surface area contributed by atoms with Crippen molar-refractivity contribution < 1.29 is 0 Å². The van der Waals surface area contributed by atoms with Gasteiger partial charge in [-0.3, -0.25) is 9.69 Å². The van der Waals surface area contributed by atoms with E-state index in [1.807, 2.05) is 49.0 Å². The van der Waals surface area contributed by atoms with Gasteiger partial charge in [-0.2, -0.15) is 0 Å². The summed E-state index contributed by atoms with van der Waals surface area (Å²) in [5.74, 6) is 0.731. The third kappa shape index (κ3) is 4.20. The summed E-state index contributed by atoms with van der Waals surface area (Å²) in [6.07, 6.45) is 4.51. The fraction of sp³-hybridized carbons (Fsp3) is 0.385. The minimum Gasteiger partial charge on any atom is -0.322 e. The van der Waals surface area contributed by atoms with E-state index in [-0.39, 0.29) is 17.6 Å². The summed E-state index contributed by atoms with van der Waals surface area (Å²) in [4.78, 5) is 18.7. The highest BCUT2D eigenvalue weighted by Crippen LogP contribution is 2.34. The standard InChI is InChI=1S/C26H30N6O/c1-17-13-18(2)21-15-22(26(33)27-23(21)14-17)24(31(3)16-19-9-5-4-6-10-19)25-28-29-30-32(25)20-11-7-8-12-20/h4-6,9-10,13-15,20,24H,7-8,11-12,16H2,1-3H3,(H,27,33). The van der Waals surface area contributed by atoms with E-state index in [4.69, 9.17) is 0 Å². The Balaban J connectivity index is 1.65. The van der Waals surface area contributed by atoms with Crippen LogP contribution in [-0.2, 0) is 6.54 Å². The molecule has 4 aromatic rings. The van der Waals surface area contributed by atoms with Crippen molar-refractivity contribution in [2.24, 2.45) is 0 Å². The van der Waals surface area contributed by atoms with Crippen molar-refractivity contribution in [2.75, 3.05) is 7.05 Å². The molecule has 2 heterocycles. The van der Waals surface area contributed by atoms with Crippen molar-refractivity contribution >= 4 is 10.9 Å². The maximum atomic E-state index is 13.4. The highest BCUT2D eigenvalue weighted by molar-refractivity contribution is 5.83. The van der Waals surface area contributed by atoms with Crippen LogP contribution >= 0.6 is 0 Å². The highest BCUT2D eigenvalue weighted by atomic mass is 16.1. The maximum Gasteiger partial charge on any atom is 0.253 e. The number of tetrazole rings is 1. The quantitative estimate of drug-likeness (QED) is 0.477. The molecule has 7 nitrogen and oxygen atoms in total. The van der Waals surface area contributed by atoms with Crippen LogP contribution in [0.2, 0.25) is 0 Å². The summed E-state index contributed by atoms with van der Waals surface area (Å²) >= 11 is 0. The number of rotatable bonds is 6. The number of aromatic amines is 1. The van der Waals surface area contributed by atoms with E-state index in [1.165, 1.54) is 18.4 Å². The molecular weight excluding hydrogens is 412 g/mol. The van der Waals surface area contributed by atoms with Crippen LogP contribution in [0, 0.1) is 13.8 Å². The monoisotopic (exact) mass is 442 g/mol. The molecule has 1 saturated carbocycles. The summed E-state index contributed by atoms with van der Waals surface area (Å²) < 4.78 is 1.96. The molecule has 2 aromatic carbocycles. The third-order valence-electron chi connectivity index (χ3n) is 6.78. The number of aromatic nitrogens is 5. The largest absolute Gasteiger partial charge is 0.322 e. The zero-order valence-electron chi connectivity index (χ0n) is 19.5. The molecule has 1 unspecified atom stereocenters. The zero-order chi connectivity index (χ0) is 22.9. The molecular formula is C26H30N6O. The topological polar surface area (TPSA) is 79.7 Å². The first-order chi connectivity index (χ1) is 16.0. The summed E-state index contributed by atoms with van der Waals surface area (Å²) in [5, 5.41) is 13.9. The Bertz CT molecular complexity index is 1320. The fourth-order valence-corrected chi connectivity index (χ4v) is 5.22. The molecule has 0 aliphatic heterocycles. The lowest BCUT2D eigenvalue weighted by Crippen LogP contribution is -2.33. The van der Waals surface area contributed by atoms with Gasteiger partial charge in [0.05, 0.1) is 6.04 Å². The Morgan fingerprint density at radius 2 is 1.88 bits per heavy atom. The Morgan fingerprint density at radius 1 is 1.12 bits per heavy atom. The summed E-state index contributed by atoms with van der Waals surface area (Å²) in [7, 11) is 2.04. The number of nitrogens with zero attached hydrogens (tertiary/aromatic N) is 5. The Labute approximate surface area is 193 Å². The molecule has 1 aliphatic carbocycles. The highest BCUT2D eigenvalue weighted by Gasteiger charge is 2.31. The number of benzene rings is 2. The van der Waals surface area contributed by atoms with Gasteiger partial charge in [-0.05, 0) is 73.0 Å². The van der Waals surface area contributed by atoms with Crippen LogP contribution in [-0.4, -0.2) is 37.1 Å². The predicted octanol–water partition coefficient (Wildman–Crippen LogP) is 4.47. The summed E-state index contributed by atoms with van der Waals surface area (Å²) in [6.45, 7) is 4.81. The van der Waals surface area contributed by atoms with E-state index in [1.54, 1.807) is 0 Å². The van der Waals surface area contributed by atoms with E-state index >= 15 is 0 Å². The summed E-state index contributed by atoms with van der Waals surface area (Å²) in [6, 6.07) is 16.4. The lowest BCUT2D eigenvalue weighted by Gasteiger charge is -2.28. The smallest absolute Gasteiger partial charge is 0.253 e. The van der Waals surface area contributed by atoms with Crippen LogP contribution in [0.4, 0.5) is 0 Å². The first-order valence-electron chi connectivity index (χ1n) is 11.7. The number of pyridine rings is 1. The lowest BCUT2D eigenvalue weighted by atomic mass is 9.99. The van der Waals surface area contributed by atoms with Gasteiger partial charge < -0.3 is 4.98 Å². The molecule has 0 saturated heterocycles. The number of aryl methyl sites for hydroxylation is 2. The van der Waals surface area contributed by atoms with Crippen LogP contribution in [0.25, 0.3) is 10.9 Å². The van der Waals surface area contributed by atoms with Crippen molar-refractivity contribution in [3.63, 3.8) is 0 Å². The third-order valence-corrected chi connectivity index (χ3v) is 6.78. The van der Waals surface area contributed by atoms with E-state index in [0.717, 1.165) is 40.7 Å². The fourth-order valence-electron chi connectivity index (χ4n) is 5.22. The SMILES string of the molecule is Cc1cc(C)c2cc(C(c3nnnn3C3CCCC3)N(C)Cc3ccccc3)c(=O)[nH]c2c1. The van der Waals surface area contributed by atoms with Gasteiger partial charge in [0.25, 0.3) is 5.56 Å². The van der Waals surface area contributed by atoms with Gasteiger partial charge in [0.1, 0.15) is 6.04 Å². The van der Waals surface area contributed by atoms with E-state index in [9.17, 15) is 4.79 Å². The molecule has 33 heavy (non-hydrogen) atoms. The zero-order valence-corrected chi connectivity index (χ0v) is 19.5.